The van der Waals surface area contributed by atoms with Gasteiger partial charge in [-0.1, -0.05) is 0 Å². The smallest absolute Gasteiger partial charge is 0.322 e. The van der Waals surface area contributed by atoms with Crippen LogP contribution < -0.4 is 15.4 Å². The van der Waals surface area contributed by atoms with E-state index in [2.05, 4.69) is 16.7 Å². The number of hydrogen-bond donors (Lipinski definition) is 3. The molecule has 39 heavy (non-hydrogen) atoms. The fraction of sp³-hybridized carbons (Fsp3) is 0.448. The number of nitrogens with one attached hydrogen (secondary N) is 2. The van der Waals surface area contributed by atoms with E-state index in [0.717, 1.165) is 27.9 Å². The summed E-state index contributed by atoms with van der Waals surface area (Å²) in [5.41, 5.74) is 3.00. The number of benzene rings is 2. The minimum absolute atomic E-state index is 0.0404. The number of piperidine rings is 1. The number of halogens is 1. The highest BCUT2D eigenvalue weighted by atomic mass is 19.1. The molecule has 1 atom stereocenters. The first-order chi connectivity index (χ1) is 18.7. The van der Waals surface area contributed by atoms with E-state index in [-0.39, 0.29) is 30.5 Å². The number of hydrogen-bond acceptors (Lipinski definition) is 4. The van der Waals surface area contributed by atoms with Crippen LogP contribution in [-0.4, -0.2) is 70.9 Å². The lowest BCUT2D eigenvalue weighted by atomic mass is 9.68. The first-order valence-electron chi connectivity index (χ1n) is 13.3. The van der Waals surface area contributed by atoms with Gasteiger partial charge in [-0.25, -0.2) is 14.0 Å². The summed E-state index contributed by atoms with van der Waals surface area (Å²) in [6, 6.07) is 10.6. The third kappa shape index (κ3) is 4.78. The van der Waals surface area contributed by atoms with Crippen molar-refractivity contribution in [2.45, 2.75) is 44.2 Å². The molecule has 0 saturated carbocycles. The second kappa shape index (κ2) is 10.4. The maximum absolute atomic E-state index is 13.7. The van der Waals surface area contributed by atoms with Gasteiger partial charge in [0, 0.05) is 61.0 Å². The fourth-order valence-electron chi connectivity index (χ4n) is 6.18. The van der Waals surface area contributed by atoms with E-state index in [1.165, 1.54) is 24.3 Å². The van der Waals surface area contributed by atoms with Crippen molar-refractivity contribution < 1.29 is 23.8 Å². The predicted octanol–water partition coefficient (Wildman–Crippen LogP) is 4.36. The summed E-state index contributed by atoms with van der Waals surface area (Å²) in [5, 5.41) is 17.5. The molecular formula is C29H36FN5O4. The normalized spacial score (nSPS) is 18.4. The SMILES string of the molecule is COc1ccc2c3c(n(C)c2c1)[C@@H](CO)N(C(=O)Nc1ccc(F)cc1)CC31CCN(C(=O)NC(C)C)CC1. The van der Waals surface area contributed by atoms with E-state index in [1.54, 1.807) is 12.0 Å². The Morgan fingerprint density at radius 3 is 2.44 bits per heavy atom. The molecule has 0 aliphatic carbocycles. The van der Waals surface area contributed by atoms with Crippen LogP contribution in [0.5, 0.6) is 5.75 Å². The molecule has 3 N–H and O–H groups in total. The number of aliphatic hydroxyl groups is 1. The van der Waals surface area contributed by atoms with Crippen molar-refractivity contribution in [1.29, 1.82) is 0 Å². The van der Waals surface area contributed by atoms with Gasteiger partial charge in [0.2, 0.25) is 0 Å². The number of carbonyl (C=O) groups is 2. The number of urea groups is 2. The van der Waals surface area contributed by atoms with Crippen molar-refractivity contribution in [3.05, 3.63) is 59.5 Å². The second-order valence-corrected chi connectivity index (χ2v) is 10.8. The molecule has 208 valence electrons. The van der Waals surface area contributed by atoms with E-state index in [4.69, 9.17) is 4.74 Å². The van der Waals surface area contributed by atoms with Crippen LogP contribution in [-0.2, 0) is 12.5 Å². The summed E-state index contributed by atoms with van der Waals surface area (Å²) in [5.74, 6) is 0.336. The van der Waals surface area contributed by atoms with Crippen molar-refractivity contribution in [1.82, 2.24) is 19.7 Å². The number of fused-ring (bicyclic) bond motifs is 4. The highest BCUT2D eigenvalue weighted by Crippen LogP contribution is 2.50. The fourth-order valence-corrected chi connectivity index (χ4v) is 6.18. The van der Waals surface area contributed by atoms with Crippen LogP contribution in [0.15, 0.2) is 42.5 Å². The summed E-state index contributed by atoms with van der Waals surface area (Å²) in [7, 11) is 3.57. The Morgan fingerprint density at radius 1 is 1.13 bits per heavy atom. The van der Waals surface area contributed by atoms with Gasteiger partial charge in [-0.3, -0.25) is 0 Å². The van der Waals surface area contributed by atoms with E-state index in [9.17, 15) is 19.1 Å². The Balaban J connectivity index is 1.57. The molecule has 1 aromatic heterocycles. The quantitative estimate of drug-likeness (QED) is 0.461. The third-order valence-electron chi connectivity index (χ3n) is 8.10. The number of nitrogens with zero attached hydrogens (tertiary/aromatic N) is 3. The molecule has 0 unspecified atom stereocenters. The Kier molecular flexibility index (Phi) is 7.15. The van der Waals surface area contributed by atoms with Crippen LogP contribution >= 0.6 is 0 Å². The van der Waals surface area contributed by atoms with E-state index in [1.807, 2.05) is 42.5 Å². The van der Waals surface area contributed by atoms with Crippen molar-refractivity contribution in [2.24, 2.45) is 7.05 Å². The average molecular weight is 538 g/mol. The Bertz CT molecular complexity index is 1380. The zero-order chi connectivity index (χ0) is 27.9. The molecule has 2 aromatic carbocycles. The largest absolute Gasteiger partial charge is 0.497 e. The van der Waals surface area contributed by atoms with Gasteiger partial charge >= 0.3 is 12.1 Å². The van der Waals surface area contributed by atoms with E-state index < -0.39 is 11.5 Å². The standard InChI is InChI=1S/C29H36FN5O4/c1-18(2)31-27(37)34-13-11-29(12-14-34)17-35(28(38)32-20-7-5-19(30)6-8-20)24(16-36)26-25(29)22-10-9-21(39-4)15-23(22)33(26)3/h5-10,15,18,24,36H,11-14,16-17H2,1-4H3,(H,31,37)(H,32,38)/t24-/m1/s1. The maximum Gasteiger partial charge on any atom is 0.322 e. The summed E-state index contributed by atoms with van der Waals surface area (Å²) in [6.45, 7) is 5.08. The monoisotopic (exact) mass is 537 g/mol. The summed E-state index contributed by atoms with van der Waals surface area (Å²) in [6.07, 6.45) is 1.32. The van der Waals surface area contributed by atoms with Crippen LogP contribution in [0.2, 0.25) is 0 Å². The van der Waals surface area contributed by atoms with Gasteiger partial charge in [-0.05, 0) is 68.7 Å². The topological polar surface area (TPSA) is 99.1 Å². The van der Waals surface area contributed by atoms with Crippen LogP contribution in [0.3, 0.4) is 0 Å². The lowest BCUT2D eigenvalue weighted by Gasteiger charge is -2.50. The second-order valence-electron chi connectivity index (χ2n) is 10.8. The average Bonchev–Trinajstić information content (AvgIpc) is 3.22. The van der Waals surface area contributed by atoms with E-state index >= 15 is 0 Å². The van der Waals surface area contributed by atoms with Crippen LogP contribution in [0.25, 0.3) is 10.9 Å². The van der Waals surface area contributed by atoms with Crippen LogP contribution in [0, 0.1) is 5.82 Å². The number of methoxy groups -OCH3 is 1. The number of anilines is 1. The zero-order valence-electron chi connectivity index (χ0n) is 22.8. The molecule has 4 amide bonds. The minimum Gasteiger partial charge on any atom is -0.497 e. The number of likely N-dealkylation sites (tertiary alicyclic amines) is 1. The highest BCUT2D eigenvalue weighted by molar-refractivity contribution is 5.92. The van der Waals surface area contributed by atoms with Crippen LogP contribution in [0.1, 0.15) is 44.0 Å². The third-order valence-corrected chi connectivity index (χ3v) is 8.10. The predicted molar refractivity (Wildman–Crippen MR) is 148 cm³/mol. The van der Waals surface area contributed by atoms with Gasteiger partial charge in [0.05, 0.1) is 25.3 Å². The molecular weight excluding hydrogens is 501 g/mol. The van der Waals surface area contributed by atoms with Crippen molar-refractivity contribution in [3.63, 3.8) is 0 Å². The summed E-state index contributed by atoms with van der Waals surface area (Å²) < 4.78 is 21.0. The minimum atomic E-state index is -0.586. The van der Waals surface area contributed by atoms with Crippen molar-refractivity contribution in [2.75, 3.05) is 38.7 Å². The number of aliphatic hydroxyl groups excluding tert-OH is 1. The van der Waals surface area contributed by atoms with Gasteiger partial charge in [0.25, 0.3) is 0 Å². The molecule has 2 aliphatic heterocycles. The molecule has 0 bridgehead atoms. The first-order valence-corrected chi connectivity index (χ1v) is 13.3. The Hall–Kier alpha value is -3.79. The van der Waals surface area contributed by atoms with Gasteiger partial charge < -0.3 is 34.8 Å². The molecule has 2 aliphatic rings. The molecule has 10 heteroatoms. The zero-order valence-corrected chi connectivity index (χ0v) is 22.8. The number of aromatic nitrogens is 1. The van der Waals surface area contributed by atoms with Crippen LogP contribution in [0.4, 0.5) is 19.7 Å². The Morgan fingerprint density at radius 2 is 1.82 bits per heavy atom. The Labute approximate surface area is 227 Å². The van der Waals surface area contributed by atoms with Gasteiger partial charge in [0.1, 0.15) is 11.6 Å². The summed E-state index contributed by atoms with van der Waals surface area (Å²) >= 11 is 0. The number of carbonyl (C=O) groups excluding carboxylic acids is 2. The molecule has 5 rings (SSSR count). The lowest BCUT2D eigenvalue weighted by molar-refractivity contribution is 0.0767. The number of aryl methyl sites for hydroxylation is 1. The first kappa shape index (κ1) is 26.8. The molecule has 3 aromatic rings. The number of amides is 4. The molecule has 3 heterocycles. The molecule has 1 saturated heterocycles. The summed E-state index contributed by atoms with van der Waals surface area (Å²) in [4.78, 5) is 30.0. The molecule has 0 radical (unpaired) electrons. The number of ether oxygens (including phenoxy) is 1. The maximum atomic E-state index is 13.7. The lowest BCUT2D eigenvalue weighted by Crippen LogP contribution is -2.57. The molecule has 9 nitrogen and oxygen atoms in total. The van der Waals surface area contributed by atoms with Gasteiger partial charge in [-0.2, -0.15) is 0 Å². The van der Waals surface area contributed by atoms with Gasteiger partial charge in [-0.15, -0.1) is 0 Å². The van der Waals surface area contributed by atoms with Crippen molar-refractivity contribution >= 4 is 28.7 Å². The number of rotatable bonds is 4. The van der Waals surface area contributed by atoms with Gasteiger partial charge in [0.15, 0.2) is 0 Å². The molecule has 1 spiro atoms. The molecule has 1 fully saturated rings. The van der Waals surface area contributed by atoms with Crippen molar-refractivity contribution in [3.8, 4) is 5.75 Å². The highest BCUT2D eigenvalue weighted by Gasteiger charge is 2.50. The van der Waals surface area contributed by atoms with E-state index in [0.29, 0.717) is 38.2 Å².